The van der Waals surface area contributed by atoms with Gasteiger partial charge in [0.2, 0.25) is 11.8 Å². The van der Waals surface area contributed by atoms with Crippen LogP contribution < -0.4 is 10.6 Å². The molecule has 0 spiro atoms. The summed E-state index contributed by atoms with van der Waals surface area (Å²) >= 11 is 0. The Labute approximate surface area is 159 Å². The maximum Gasteiger partial charge on any atom is 0.227 e. The van der Waals surface area contributed by atoms with Crippen molar-refractivity contribution in [1.29, 1.82) is 0 Å². The van der Waals surface area contributed by atoms with Crippen LogP contribution in [0.5, 0.6) is 0 Å². The first kappa shape index (κ1) is 19.3. The molecule has 1 aromatic carbocycles. The lowest BCUT2D eigenvalue weighted by Gasteiger charge is -2.27. The molecule has 0 bridgehead atoms. The summed E-state index contributed by atoms with van der Waals surface area (Å²) in [7, 11) is 1.66. The lowest BCUT2D eigenvalue weighted by molar-refractivity contribution is -0.128. The van der Waals surface area contributed by atoms with E-state index >= 15 is 0 Å². The van der Waals surface area contributed by atoms with E-state index in [9.17, 15) is 9.59 Å². The first-order valence-corrected chi connectivity index (χ1v) is 9.60. The summed E-state index contributed by atoms with van der Waals surface area (Å²) in [5.41, 5.74) is 1.55. The SMILES string of the molecule is COCCCNC(=O)C1CCC(C(=O)Nc2cccc3cccnc23)CC1. The van der Waals surface area contributed by atoms with Crippen molar-refractivity contribution >= 4 is 28.4 Å². The normalized spacial score (nSPS) is 19.6. The van der Waals surface area contributed by atoms with Gasteiger partial charge in [-0.25, -0.2) is 0 Å². The number of methoxy groups -OCH3 is 1. The highest BCUT2D eigenvalue weighted by Gasteiger charge is 2.30. The van der Waals surface area contributed by atoms with Gasteiger partial charge in [0, 0.05) is 43.7 Å². The van der Waals surface area contributed by atoms with Crippen LogP contribution in [0.4, 0.5) is 5.69 Å². The lowest BCUT2D eigenvalue weighted by Crippen LogP contribution is -2.36. The molecule has 0 saturated heterocycles. The molecule has 2 amide bonds. The summed E-state index contributed by atoms with van der Waals surface area (Å²) in [6, 6.07) is 9.65. The number of benzene rings is 1. The van der Waals surface area contributed by atoms with Gasteiger partial charge in [-0.1, -0.05) is 18.2 Å². The molecule has 2 aromatic rings. The van der Waals surface area contributed by atoms with Gasteiger partial charge < -0.3 is 15.4 Å². The molecule has 1 saturated carbocycles. The minimum absolute atomic E-state index is 0.0100. The number of hydrogen-bond donors (Lipinski definition) is 2. The van der Waals surface area contributed by atoms with Crippen molar-refractivity contribution in [3.05, 3.63) is 36.5 Å². The Morgan fingerprint density at radius 3 is 2.52 bits per heavy atom. The third-order valence-electron chi connectivity index (χ3n) is 5.18. The second-order valence-corrected chi connectivity index (χ2v) is 7.06. The van der Waals surface area contributed by atoms with Crippen molar-refractivity contribution in [2.75, 3.05) is 25.6 Å². The van der Waals surface area contributed by atoms with Crippen LogP contribution in [-0.4, -0.2) is 37.1 Å². The van der Waals surface area contributed by atoms with Gasteiger partial charge in [-0.3, -0.25) is 14.6 Å². The highest BCUT2D eigenvalue weighted by Crippen LogP contribution is 2.30. The van der Waals surface area contributed by atoms with Crippen molar-refractivity contribution in [1.82, 2.24) is 10.3 Å². The minimum atomic E-state index is -0.0542. The molecule has 2 N–H and O–H groups in total. The number of ether oxygens (including phenoxy) is 1. The van der Waals surface area contributed by atoms with Crippen LogP contribution in [-0.2, 0) is 14.3 Å². The van der Waals surface area contributed by atoms with Crippen LogP contribution in [0.3, 0.4) is 0 Å². The van der Waals surface area contributed by atoms with Gasteiger partial charge in [0.15, 0.2) is 0 Å². The smallest absolute Gasteiger partial charge is 0.227 e. The molecule has 1 fully saturated rings. The first-order chi connectivity index (χ1) is 13.2. The monoisotopic (exact) mass is 369 g/mol. The number of aromatic nitrogens is 1. The van der Waals surface area contributed by atoms with Crippen LogP contribution in [0.25, 0.3) is 10.9 Å². The summed E-state index contributed by atoms with van der Waals surface area (Å²) in [5, 5.41) is 7.00. The zero-order valence-electron chi connectivity index (χ0n) is 15.7. The molecule has 1 aliphatic carbocycles. The summed E-state index contributed by atoms with van der Waals surface area (Å²) < 4.78 is 4.98. The Hall–Kier alpha value is -2.47. The van der Waals surface area contributed by atoms with Crippen LogP contribution >= 0.6 is 0 Å². The lowest BCUT2D eigenvalue weighted by atomic mass is 9.81. The van der Waals surface area contributed by atoms with Gasteiger partial charge in [-0.2, -0.15) is 0 Å². The van der Waals surface area contributed by atoms with Gasteiger partial charge in [-0.15, -0.1) is 0 Å². The number of para-hydroxylation sites is 1. The predicted octanol–water partition coefficient (Wildman–Crippen LogP) is 3.13. The van der Waals surface area contributed by atoms with E-state index < -0.39 is 0 Å². The average molecular weight is 369 g/mol. The third-order valence-corrected chi connectivity index (χ3v) is 5.18. The molecule has 27 heavy (non-hydrogen) atoms. The molecule has 3 rings (SSSR count). The van der Waals surface area contributed by atoms with Crippen molar-refractivity contribution in [3.63, 3.8) is 0 Å². The zero-order chi connectivity index (χ0) is 19.1. The molecule has 6 heteroatoms. The second kappa shape index (κ2) is 9.46. The quantitative estimate of drug-likeness (QED) is 0.735. The Morgan fingerprint density at radius 1 is 1.07 bits per heavy atom. The van der Waals surface area contributed by atoms with E-state index in [4.69, 9.17) is 4.74 Å². The fourth-order valence-corrected chi connectivity index (χ4v) is 3.63. The molecule has 144 valence electrons. The van der Waals surface area contributed by atoms with E-state index in [-0.39, 0.29) is 23.7 Å². The number of hydrogen-bond acceptors (Lipinski definition) is 4. The van der Waals surface area contributed by atoms with Crippen LogP contribution in [0, 0.1) is 11.8 Å². The Kier molecular flexibility index (Phi) is 6.76. The van der Waals surface area contributed by atoms with Crippen molar-refractivity contribution < 1.29 is 14.3 Å². The van der Waals surface area contributed by atoms with E-state index in [1.807, 2.05) is 30.3 Å². The fourth-order valence-electron chi connectivity index (χ4n) is 3.63. The molecule has 0 atom stereocenters. The third kappa shape index (κ3) is 5.04. The Balaban J connectivity index is 1.50. The molecule has 1 aromatic heterocycles. The molecule has 6 nitrogen and oxygen atoms in total. The zero-order valence-corrected chi connectivity index (χ0v) is 15.7. The Morgan fingerprint density at radius 2 is 1.78 bits per heavy atom. The number of rotatable bonds is 7. The van der Waals surface area contributed by atoms with Gasteiger partial charge in [0.05, 0.1) is 11.2 Å². The number of nitrogens with one attached hydrogen (secondary N) is 2. The van der Waals surface area contributed by atoms with E-state index in [0.29, 0.717) is 13.2 Å². The van der Waals surface area contributed by atoms with Crippen LogP contribution in [0.1, 0.15) is 32.1 Å². The van der Waals surface area contributed by atoms with Gasteiger partial charge in [-0.05, 0) is 44.2 Å². The second-order valence-electron chi connectivity index (χ2n) is 7.06. The number of anilines is 1. The summed E-state index contributed by atoms with van der Waals surface area (Å²) in [5.74, 6) is 0.0765. The van der Waals surface area contributed by atoms with E-state index in [1.54, 1.807) is 13.3 Å². The summed E-state index contributed by atoms with van der Waals surface area (Å²) in [6.45, 7) is 1.29. The van der Waals surface area contributed by atoms with E-state index in [0.717, 1.165) is 48.7 Å². The standard InChI is InChI=1S/C21H27N3O3/c1-27-14-4-13-23-20(25)16-8-10-17(11-9-16)21(26)24-18-7-2-5-15-6-3-12-22-19(15)18/h2-3,5-7,12,16-17H,4,8-11,13-14H2,1H3,(H,23,25)(H,24,26). The van der Waals surface area contributed by atoms with E-state index in [2.05, 4.69) is 15.6 Å². The maximum atomic E-state index is 12.7. The molecular formula is C21H27N3O3. The van der Waals surface area contributed by atoms with E-state index in [1.165, 1.54) is 0 Å². The van der Waals surface area contributed by atoms with Gasteiger partial charge in [0.1, 0.15) is 0 Å². The highest BCUT2D eigenvalue weighted by atomic mass is 16.5. The van der Waals surface area contributed by atoms with Crippen molar-refractivity contribution in [2.24, 2.45) is 11.8 Å². The fraction of sp³-hybridized carbons (Fsp3) is 0.476. The number of carbonyl (C=O) groups is 2. The summed E-state index contributed by atoms with van der Waals surface area (Å²) in [6.07, 6.45) is 5.53. The number of carbonyl (C=O) groups excluding carboxylic acids is 2. The van der Waals surface area contributed by atoms with Gasteiger partial charge in [0.25, 0.3) is 0 Å². The number of fused-ring (bicyclic) bond motifs is 1. The number of nitrogens with zero attached hydrogens (tertiary/aromatic N) is 1. The average Bonchev–Trinajstić information content (AvgIpc) is 2.71. The predicted molar refractivity (Wildman–Crippen MR) is 105 cm³/mol. The maximum absolute atomic E-state index is 12.7. The molecule has 1 aliphatic rings. The van der Waals surface area contributed by atoms with Gasteiger partial charge >= 0.3 is 0 Å². The highest BCUT2D eigenvalue weighted by molar-refractivity contribution is 6.01. The van der Waals surface area contributed by atoms with Crippen LogP contribution in [0.2, 0.25) is 0 Å². The molecular weight excluding hydrogens is 342 g/mol. The first-order valence-electron chi connectivity index (χ1n) is 9.60. The van der Waals surface area contributed by atoms with Crippen LogP contribution in [0.15, 0.2) is 36.5 Å². The molecule has 0 unspecified atom stereocenters. The minimum Gasteiger partial charge on any atom is -0.385 e. The topological polar surface area (TPSA) is 80.3 Å². The van der Waals surface area contributed by atoms with Crippen molar-refractivity contribution in [3.8, 4) is 0 Å². The molecule has 0 radical (unpaired) electrons. The summed E-state index contributed by atoms with van der Waals surface area (Å²) in [4.78, 5) is 29.3. The molecule has 0 aliphatic heterocycles. The largest absolute Gasteiger partial charge is 0.385 e. The Bertz CT molecular complexity index is 780. The number of pyridine rings is 1. The molecule has 1 heterocycles. The van der Waals surface area contributed by atoms with Crippen molar-refractivity contribution in [2.45, 2.75) is 32.1 Å². The number of amides is 2.